The number of nitrogens with zero attached hydrogens (tertiary/aromatic N) is 1. The van der Waals surface area contributed by atoms with E-state index < -0.39 is 42.5 Å². The molecule has 9 heteroatoms. The Bertz CT molecular complexity index is 688. The number of hydrogen-bond acceptors (Lipinski definition) is 8. The van der Waals surface area contributed by atoms with Gasteiger partial charge in [-0.3, -0.25) is 19.3 Å². The number of hydrogen-bond donors (Lipinski definition) is 0. The van der Waals surface area contributed by atoms with Crippen LogP contribution in [-0.4, -0.2) is 61.9 Å². The van der Waals surface area contributed by atoms with Crippen molar-refractivity contribution in [2.45, 2.75) is 33.7 Å². The third-order valence-electron chi connectivity index (χ3n) is 3.98. The molecule has 0 saturated heterocycles. The van der Waals surface area contributed by atoms with Gasteiger partial charge >= 0.3 is 24.0 Å². The topological polar surface area (TPSA) is 108 Å². The third-order valence-corrected chi connectivity index (χ3v) is 3.98. The van der Waals surface area contributed by atoms with Crippen molar-refractivity contribution >= 4 is 24.0 Å². The summed E-state index contributed by atoms with van der Waals surface area (Å²) in [6.07, 6.45) is -0.877. The fraction of sp³-hybridized carbons (Fsp3) is 0.524. The van der Waals surface area contributed by atoms with Crippen LogP contribution in [0, 0.1) is 5.92 Å². The first-order valence-electron chi connectivity index (χ1n) is 9.88. The summed E-state index contributed by atoms with van der Waals surface area (Å²) in [5.74, 6) is -3.98. The normalized spacial score (nSPS) is 11.4. The SMILES string of the molecule is CCOC(=O)CN(C(=O)OCC)C(c1ccccc1)C(C(=O)OCC)C(=O)OCC. The number of benzene rings is 1. The molecule has 1 amide bonds. The summed E-state index contributed by atoms with van der Waals surface area (Å²) in [5, 5.41) is 0. The van der Waals surface area contributed by atoms with Crippen LogP contribution in [0.3, 0.4) is 0 Å². The van der Waals surface area contributed by atoms with Crippen LogP contribution in [0.2, 0.25) is 0 Å². The van der Waals surface area contributed by atoms with Crippen LogP contribution in [0.4, 0.5) is 4.79 Å². The number of esters is 3. The van der Waals surface area contributed by atoms with Crippen molar-refractivity contribution in [2.24, 2.45) is 5.92 Å². The van der Waals surface area contributed by atoms with Gasteiger partial charge in [0, 0.05) is 0 Å². The Kier molecular flexibility index (Phi) is 11.0. The second-order valence-corrected chi connectivity index (χ2v) is 5.97. The molecule has 0 spiro atoms. The van der Waals surface area contributed by atoms with E-state index in [1.165, 1.54) is 0 Å². The molecule has 0 aromatic heterocycles. The fourth-order valence-corrected chi connectivity index (χ4v) is 2.85. The first kappa shape index (κ1) is 24.9. The maximum atomic E-state index is 12.8. The second-order valence-electron chi connectivity index (χ2n) is 5.97. The average molecular weight is 423 g/mol. The van der Waals surface area contributed by atoms with E-state index >= 15 is 0 Å². The molecule has 1 unspecified atom stereocenters. The van der Waals surface area contributed by atoms with Gasteiger partial charge in [-0.15, -0.1) is 0 Å². The molecule has 9 nitrogen and oxygen atoms in total. The highest BCUT2D eigenvalue weighted by molar-refractivity contribution is 5.96. The lowest BCUT2D eigenvalue weighted by Gasteiger charge is -2.34. The molecule has 30 heavy (non-hydrogen) atoms. The van der Waals surface area contributed by atoms with Crippen LogP contribution in [0.1, 0.15) is 39.3 Å². The molecule has 0 fully saturated rings. The van der Waals surface area contributed by atoms with Gasteiger partial charge in [-0.05, 0) is 33.3 Å². The van der Waals surface area contributed by atoms with Crippen molar-refractivity contribution in [3.63, 3.8) is 0 Å². The van der Waals surface area contributed by atoms with Gasteiger partial charge in [-0.2, -0.15) is 0 Å². The van der Waals surface area contributed by atoms with E-state index in [2.05, 4.69) is 0 Å². The molecule has 0 saturated carbocycles. The largest absolute Gasteiger partial charge is 0.465 e. The number of carbonyl (C=O) groups excluding carboxylic acids is 4. The van der Waals surface area contributed by atoms with Gasteiger partial charge in [0.1, 0.15) is 6.54 Å². The summed E-state index contributed by atoms with van der Waals surface area (Å²) in [7, 11) is 0. The lowest BCUT2D eigenvalue weighted by Crippen LogP contribution is -2.47. The molecule has 0 aliphatic rings. The lowest BCUT2D eigenvalue weighted by atomic mass is 9.91. The summed E-state index contributed by atoms with van der Waals surface area (Å²) in [6, 6.07) is 7.17. The Balaban J connectivity index is 3.56. The van der Waals surface area contributed by atoms with Crippen molar-refractivity contribution in [2.75, 3.05) is 33.0 Å². The highest BCUT2D eigenvalue weighted by Crippen LogP contribution is 2.32. The monoisotopic (exact) mass is 423 g/mol. The summed E-state index contributed by atoms with van der Waals surface area (Å²) < 4.78 is 20.2. The van der Waals surface area contributed by atoms with Gasteiger partial charge in [0.25, 0.3) is 0 Å². The van der Waals surface area contributed by atoms with Crippen LogP contribution >= 0.6 is 0 Å². The van der Waals surface area contributed by atoms with Gasteiger partial charge in [-0.1, -0.05) is 30.3 Å². The minimum atomic E-state index is -1.52. The summed E-state index contributed by atoms with van der Waals surface area (Å²) in [5.41, 5.74) is 0.431. The molecule has 166 valence electrons. The molecule has 0 N–H and O–H groups in total. The van der Waals surface area contributed by atoms with Crippen LogP contribution in [0.5, 0.6) is 0 Å². The molecule has 0 aliphatic heterocycles. The predicted octanol–water partition coefficient (Wildman–Crippen LogP) is 2.49. The molecule has 1 aromatic carbocycles. The Hall–Kier alpha value is -3.10. The van der Waals surface area contributed by atoms with E-state index in [9.17, 15) is 19.2 Å². The van der Waals surface area contributed by atoms with Crippen molar-refractivity contribution in [3.05, 3.63) is 35.9 Å². The first-order chi connectivity index (χ1) is 14.4. The maximum Gasteiger partial charge on any atom is 0.410 e. The van der Waals surface area contributed by atoms with Gasteiger partial charge in [-0.25, -0.2) is 4.79 Å². The number of ether oxygens (including phenoxy) is 4. The van der Waals surface area contributed by atoms with E-state index in [1.54, 1.807) is 58.0 Å². The molecular weight excluding hydrogens is 394 g/mol. The first-order valence-corrected chi connectivity index (χ1v) is 9.88. The Morgan fingerprint density at radius 2 is 1.27 bits per heavy atom. The lowest BCUT2D eigenvalue weighted by molar-refractivity contribution is -0.166. The van der Waals surface area contributed by atoms with Gasteiger partial charge in [0.2, 0.25) is 0 Å². The molecule has 1 aromatic rings. The van der Waals surface area contributed by atoms with Crippen LogP contribution in [0.15, 0.2) is 30.3 Å². The van der Waals surface area contributed by atoms with Crippen molar-refractivity contribution in [1.29, 1.82) is 0 Å². The van der Waals surface area contributed by atoms with Crippen molar-refractivity contribution in [3.8, 4) is 0 Å². The summed E-state index contributed by atoms with van der Waals surface area (Å²) >= 11 is 0. The van der Waals surface area contributed by atoms with Gasteiger partial charge < -0.3 is 18.9 Å². The van der Waals surface area contributed by atoms with Gasteiger partial charge in [0.05, 0.1) is 32.5 Å². The number of rotatable bonds is 11. The second kappa shape index (κ2) is 13.2. The van der Waals surface area contributed by atoms with Crippen molar-refractivity contribution < 1.29 is 38.1 Å². The minimum Gasteiger partial charge on any atom is -0.465 e. The minimum absolute atomic E-state index is 0.0214. The molecular formula is C21H29NO8. The molecule has 1 rings (SSSR count). The average Bonchev–Trinajstić information content (AvgIpc) is 2.71. The van der Waals surface area contributed by atoms with E-state index in [-0.39, 0.29) is 26.4 Å². The van der Waals surface area contributed by atoms with E-state index in [1.807, 2.05) is 0 Å². The molecule has 0 heterocycles. The smallest absolute Gasteiger partial charge is 0.410 e. The zero-order valence-corrected chi connectivity index (χ0v) is 17.8. The highest BCUT2D eigenvalue weighted by atomic mass is 16.6. The third kappa shape index (κ3) is 7.06. The predicted molar refractivity (Wildman–Crippen MR) is 106 cm³/mol. The standard InChI is InChI=1S/C21H29NO8/c1-5-27-16(23)14-22(21(26)30-8-4)18(15-12-10-9-11-13-15)17(19(24)28-6-2)20(25)29-7-3/h9-13,17-18H,5-8,14H2,1-4H3. The van der Waals surface area contributed by atoms with Crippen LogP contribution in [-0.2, 0) is 33.3 Å². The quantitative estimate of drug-likeness (QED) is 0.303. The number of carbonyl (C=O) groups is 4. The highest BCUT2D eigenvalue weighted by Gasteiger charge is 2.44. The zero-order valence-electron chi connectivity index (χ0n) is 17.8. The molecule has 0 radical (unpaired) electrons. The maximum absolute atomic E-state index is 12.8. The Labute approximate surface area is 176 Å². The Morgan fingerprint density at radius 1 is 0.767 bits per heavy atom. The molecule has 1 atom stereocenters. The summed E-state index contributed by atoms with van der Waals surface area (Å²) in [4.78, 5) is 51.5. The van der Waals surface area contributed by atoms with Crippen molar-refractivity contribution in [1.82, 2.24) is 4.90 Å². The summed E-state index contributed by atoms with van der Waals surface area (Å²) in [6.45, 7) is 6.07. The van der Waals surface area contributed by atoms with E-state index in [0.717, 1.165) is 4.90 Å². The van der Waals surface area contributed by atoms with E-state index in [0.29, 0.717) is 5.56 Å². The fourth-order valence-electron chi connectivity index (χ4n) is 2.85. The van der Waals surface area contributed by atoms with Gasteiger partial charge in [0.15, 0.2) is 5.92 Å². The van der Waals surface area contributed by atoms with E-state index in [4.69, 9.17) is 18.9 Å². The van der Waals surface area contributed by atoms with Crippen LogP contribution in [0.25, 0.3) is 0 Å². The molecule has 0 aliphatic carbocycles. The van der Waals surface area contributed by atoms with Crippen LogP contribution < -0.4 is 0 Å². The number of amides is 1. The zero-order chi connectivity index (χ0) is 22.5. The molecule has 0 bridgehead atoms. The Morgan fingerprint density at radius 3 is 1.73 bits per heavy atom.